The van der Waals surface area contributed by atoms with E-state index in [2.05, 4.69) is 10.3 Å². The summed E-state index contributed by atoms with van der Waals surface area (Å²) in [7, 11) is 0. The summed E-state index contributed by atoms with van der Waals surface area (Å²) < 4.78 is 5.43. The summed E-state index contributed by atoms with van der Waals surface area (Å²) in [5.74, 6) is 0.468. The first kappa shape index (κ1) is 15.8. The molecule has 1 aromatic rings. The molecular formula is C16H25N3O2. The number of anilines is 1. The van der Waals surface area contributed by atoms with Crippen molar-refractivity contribution in [2.24, 2.45) is 11.1 Å². The van der Waals surface area contributed by atoms with E-state index in [-0.39, 0.29) is 11.3 Å². The number of aromatic nitrogens is 1. The molecule has 1 heterocycles. The van der Waals surface area contributed by atoms with Crippen molar-refractivity contribution in [1.29, 1.82) is 0 Å². The van der Waals surface area contributed by atoms with Crippen LogP contribution in [0.5, 0.6) is 5.88 Å². The third-order valence-electron chi connectivity index (χ3n) is 4.21. The van der Waals surface area contributed by atoms with E-state index in [9.17, 15) is 4.79 Å². The van der Waals surface area contributed by atoms with Crippen LogP contribution in [0.15, 0.2) is 18.3 Å². The monoisotopic (exact) mass is 291 g/mol. The fourth-order valence-electron chi connectivity index (χ4n) is 3.03. The van der Waals surface area contributed by atoms with E-state index in [0.29, 0.717) is 31.1 Å². The Kier molecular flexibility index (Phi) is 5.56. The highest BCUT2D eigenvalue weighted by atomic mass is 16.5. The van der Waals surface area contributed by atoms with Gasteiger partial charge in [-0.3, -0.25) is 4.79 Å². The first-order valence-electron chi connectivity index (χ1n) is 7.77. The van der Waals surface area contributed by atoms with Crippen LogP contribution >= 0.6 is 0 Å². The number of nitrogens with one attached hydrogen (secondary N) is 1. The lowest BCUT2D eigenvalue weighted by Crippen LogP contribution is -2.36. The van der Waals surface area contributed by atoms with Crippen LogP contribution in [-0.2, 0) is 4.79 Å². The summed E-state index contributed by atoms with van der Waals surface area (Å²) in [6, 6.07) is 3.60. The molecule has 0 unspecified atom stereocenters. The number of hydrogen-bond acceptors (Lipinski definition) is 4. The van der Waals surface area contributed by atoms with Gasteiger partial charge in [0.1, 0.15) is 5.69 Å². The molecule has 0 atom stereocenters. The Labute approximate surface area is 126 Å². The van der Waals surface area contributed by atoms with Crippen molar-refractivity contribution >= 4 is 11.6 Å². The van der Waals surface area contributed by atoms with E-state index in [1.54, 1.807) is 12.3 Å². The van der Waals surface area contributed by atoms with Crippen LogP contribution in [0, 0.1) is 5.41 Å². The number of amides is 1. The van der Waals surface area contributed by atoms with Gasteiger partial charge in [0.25, 0.3) is 0 Å². The van der Waals surface area contributed by atoms with Crippen LogP contribution in [0.2, 0.25) is 0 Å². The molecule has 5 heteroatoms. The number of carbonyl (C=O) groups is 1. The SMILES string of the molecule is CCOc1ncccc1NC(=O)CC1(CN)CCCCC1. The largest absolute Gasteiger partial charge is 0.476 e. The van der Waals surface area contributed by atoms with Gasteiger partial charge >= 0.3 is 0 Å². The van der Waals surface area contributed by atoms with Crippen LogP contribution in [0.3, 0.4) is 0 Å². The minimum absolute atomic E-state index is 0.00342. The Morgan fingerprint density at radius 3 is 2.86 bits per heavy atom. The molecule has 0 radical (unpaired) electrons. The van der Waals surface area contributed by atoms with E-state index in [0.717, 1.165) is 12.8 Å². The molecule has 1 fully saturated rings. The third-order valence-corrected chi connectivity index (χ3v) is 4.21. The fourth-order valence-corrected chi connectivity index (χ4v) is 3.03. The number of nitrogens with two attached hydrogens (primary N) is 1. The predicted molar refractivity (Wildman–Crippen MR) is 83.2 cm³/mol. The fraction of sp³-hybridized carbons (Fsp3) is 0.625. The lowest BCUT2D eigenvalue weighted by atomic mass is 9.71. The zero-order chi connectivity index (χ0) is 15.1. The van der Waals surface area contributed by atoms with Crippen LogP contribution in [-0.4, -0.2) is 24.0 Å². The van der Waals surface area contributed by atoms with E-state index >= 15 is 0 Å². The second-order valence-electron chi connectivity index (χ2n) is 5.78. The second kappa shape index (κ2) is 7.41. The van der Waals surface area contributed by atoms with Crippen molar-refractivity contribution in [3.05, 3.63) is 18.3 Å². The Hall–Kier alpha value is -1.62. The minimum Gasteiger partial charge on any atom is -0.476 e. The van der Waals surface area contributed by atoms with Crippen LogP contribution in [0.1, 0.15) is 45.4 Å². The Morgan fingerprint density at radius 2 is 2.19 bits per heavy atom. The molecule has 1 aromatic heterocycles. The number of nitrogens with zero attached hydrogens (tertiary/aromatic N) is 1. The Bertz CT molecular complexity index is 470. The maximum atomic E-state index is 12.4. The number of pyridine rings is 1. The van der Waals surface area contributed by atoms with Crippen molar-refractivity contribution in [2.75, 3.05) is 18.5 Å². The lowest BCUT2D eigenvalue weighted by molar-refractivity contribution is -0.118. The van der Waals surface area contributed by atoms with Gasteiger partial charge in [-0.15, -0.1) is 0 Å². The van der Waals surface area contributed by atoms with E-state index in [1.165, 1.54) is 19.3 Å². The lowest BCUT2D eigenvalue weighted by Gasteiger charge is -2.35. The average molecular weight is 291 g/mol. The Morgan fingerprint density at radius 1 is 1.43 bits per heavy atom. The highest BCUT2D eigenvalue weighted by molar-refractivity contribution is 5.92. The molecule has 0 spiro atoms. The summed E-state index contributed by atoms with van der Waals surface area (Å²) in [5.41, 5.74) is 6.54. The minimum atomic E-state index is -0.0314. The third kappa shape index (κ3) is 4.17. The van der Waals surface area contributed by atoms with Gasteiger partial charge in [0.05, 0.1) is 6.61 Å². The average Bonchev–Trinajstić information content (AvgIpc) is 2.50. The smallest absolute Gasteiger partial charge is 0.237 e. The zero-order valence-corrected chi connectivity index (χ0v) is 12.7. The highest BCUT2D eigenvalue weighted by Gasteiger charge is 2.33. The highest BCUT2D eigenvalue weighted by Crippen LogP contribution is 2.38. The van der Waals surface area contributed by atoms with Crippen LogP contribution < -0.4 is 15.8 Å². The number of hydrogen-bond donors (Lipinski definition) is 2. The molecule has 0 saturated heterocycles. The van der Waals surface area contributed by atoms with Crippen LogP contribution in [0.4, 0.5) is 5.69 Å². The van der Waals surface area contributed by atoms with Crippen molar-refractivity contribution in [1.82, 2.24) is 4.98 Å². The van der Waals surface area contributed by atoms with Crippen molar-refractivity contribution in [3.63, 3.8) is 0 Å². The molecule has 3 N–H and O–H groups in total. The van der Waals surface area contributed by atoms with Gasteiger partial charge in [-0.05, 0) is 43.9 Å². The molecular weight excluding hydrogens is 266 g/mol. The molecule has 1 aliphatic carbocycles. The maximum Gasteiger partial charge on any atom is 0.237 e. The van der Waals surface area contributed by atoms with Gasteiger partial charge in [0, 0.05) is 12.6 Å². The molecule has 21 heavy (non-hydrogen) atoms. The molecule has 2 rings (SSSR count). The first-order chi connectivity index (χ1) is 10.2. The normalized spacial score (nSPS) is 17.2. The molecule has 1 aliphatic rings. The Balaban J connectivity index is 2.01. The standard InChI is InChI=1S/C16H25N3O2/c1-2-21-15-13(7-6-10-18-15)19-14(20)11-16(12-17)8-4-3-5-9-16/h6-7,10H,2-5,8-9,11-12,17H2,1H3,(H,19,20). The van der Waals surface area contributed by atoms with E-state index in [1.807, 2.05) is 13.0 Å². The maximum absolute atomic E-state index is 12.4. The summed E-state index contributed by atoms with van der Waals surface area (Å²) in [4.78, 5) is 16.5. The molecule has 0 aliphatic heterocycles. The molecule has 1 saturated carbocycles. The topological polar surface area (TPSA) is 77.2 Å². The molecule has 1 amide bonds. The van der Waals surface area contributed by atoms with Gasteiger partial charge in [-0.1, -0.05) is 19.3 Å². The van der Waals surface area contributed by atoms with Crippen molar-refractivity contribution < 1.29 is 9.53 Å². The second-order valence-corrected chi connectivity index (χ2v) is 5.78. The predicted octanol–water partition coefficient (Wildman–Crippen LogP) is 2.72. The molecule has 5 nitrogen and oxygen atoms in total. The van der Waals surface area contributed by atoms with Gasteiger partial charge in [-0.2, -0.15) is 0 Å². The van der Waals surface area contributed by atoms with Gasteiger partial charge in [0.2, 0.25) is 11.8 Å². The molecule has 0 aromatic carbocycles. The quantitative estimate of drug-likeness (QED) is 0.845. The number of carbonyl (C=O) groups excluding carboxylic acids is 1. The summed E-state index contributed by atoms with van der Waals surface area (Å²) >= 11 is 0. The first-order valence-corrected chi connectivity index (χ1v) is 7.77. The van der Waals surface area contributed by atoms with Crippen molar-refractivity contribution in [3.8, 4) is 5.88 Å². The van der Waals surface area contributed by atoms with Gasteiger partial charge in [0.15, 0.2) is 0 Å². The summed E-state index contributed by atoms with van der Waals surface area (Å²) in [6.45, 7) is 2.99. The van der Waals surface area contributed by atoms with Crippen molar-refractivity contribution in [2.45, 2.75) is 45.4 Å². The number of ether oxygens (including phenoxy) is 1. The van der Waals surface area contributed by atoms with Gasteiger partial charge < -0.3 is 15.8 Å². The summed E-state index contributed by atoms with van der Waals surface area (Å²) in [6.07, 6.45) is 7.81. The number of rotatable bonds is 6. The summed E-state index contributed by atoms with van der Waals surface area (Å²) in [5, 5.41) is 2.92. The van der Waals surface area contributed by atoms with E-state index in [4.69, 9.17) is 10.5 Å². The molecule has 0 bridgehead atoms. The van der Waals surface area contributed by atoms with Gasteiger partial charge in [-0.25, -0.2) is 4.98 Å². The zero-order valence-electron chi connectivity index (χ0n) is 12.7. The van der Waals surface area contributed by atoms with Crippen LogP contribution in [0.25, 0.3) is 0 Å². The molecule has 116 valence electrons. The van der Waals surface area contributed by atoms with E-state index < -0.39 is 0 Å².